The van der Waals surface area contributed by atoms with Gasteiger partial charge in [-0.05, 0) is 40.0 Å². The molecule has 0 bridgehead atoms. The molecule has 2 aromatic rings. The highest BCUT2D eigenvalue weighted by atomic mass is 79.9. The second kappa shape index (κ2) is 4.24. The van der Waals surface area contributed by atoms with Crippen molar-refractivity contribution < 1.29 is 4.79 Å². The monoisotopic (exact) mass is 305 g/mol. The lowest BCUT2D eigenvalue weighted by Crippen LogP contribution is -2.18. The first-order chi connectivity index (χ1) is 8.65. The molecule has 2 heterocycles. The average molecular weight is 306 g/mol. The molecular weight excluding hydrogens is 294 g/mol. The number of aryl methyl sites for hydroxylation is 2. The number of amides is 1. The van der Waals surface area contributed by atoms with E-state index in [1.165, 1.54) is 5.56 Å². The van der Waals surface area contributed by atoms with Crippen LogP contribution in [0.1, 0.15) is 12.0 Å². The number of hydrogen-bond donors (Lipinski definition) is 1. The predicted molar refractivity (Wildman–Crippen MR) is 73.3 cm³/mol. The third-order valence-corrected chi connectivity index (χ3v) is 4.07. The summed E-state index contributed by atoms with van der Waals surface area (Å²) >= 11 is 3.52. The van der Waals surface area contributed by atoms with Crippen LogP contribution in [0, 0.1) is 0 Å². The first-order valence-electron chi connectivity index (χ1n) is 5.75. The van der Waals surface area contributed by atoms with Crippen LogP contribution in [0.4, 0.5) is 5.69 Å². The van der Waals surface area contributed by atoms with Crippen molar-refractivity contribution in [1.29, 1.82) is 0 Å². The van der Waals surface area contributed by atoms with Crippen LogP contribution in [0.25, 0.3) is 11.3 Å². The fraction of sp³-hybridized carbons (Fsp3) is 0.231. The number of nitrogens with one attached hydrogen (secondary N) is 1. The van der Waals surface area contributed by atoms with E-state index in [0.717, 1.165) is 28.0 Å². The number of rotatable bonds is 1. The Bertz CT molecular complexity index is 633. The van der Waals surface area contributed by atoms with Crippen LogP contribution >= 0.6 is 15.9 Å². The van der Waals surface area contributed by atoms with Crippen LogP contribution in [-0.2, 0) is 18.3 Å². The summed E-state index contributed by atoms with van der Waals surface area (Å²) in [6.45, 7) is 0. The molecule has 0 aliphatic carbocycles. The summed E-state index contributed by atoms with van der Waals surface area (Å²) in [5.74, 6) is 0.0919. The van der Waals surface area contributed by atoms with Crippen molar-refractivity contribution in [3.8, 4) is 11.3 Å². The zero-order valence-electron chi connectivity index (χ0n) is 9.90. The van der Waals surface area contributed by atoms with E-state index in [-0.39, 0.29) is 5.91 Å². The van der Waals surface area contributed by atoms with Gasteiger partial charge in [-0.1, -0.05) is 6.07 Å². The molecule has 0 spiro atoms. The van der Waals surface area contributed by atoms with E-state index in [1.54, 1.807) is 6.33 Å². The lowest BCUT2D eigenvalue weighted by atomic mass is 9.99. The molecule has 3 rings (SSSR count). The Balaban J connectivity index is 2.05. The van der Waals surface area contributed by atoms with Crippen molar-refractivity contribution >= 4 is 27.5 Å². The highest BCUT2D eigenvalue weighted by Gasteiger charge is 2.16. The van der Waals surface area contributed by atoms with Gasteiger partial charge in [0.15, 0.2) is 0 Å². The largest absolute Gasteiger partial charge is 0.328 e. The molecule has 5 heteroatoms. The Labute approximate surface area is 113 Å². The van der Waals surface area contributed by atoms with Crippen LogP contribution in [0.3, 0.4) is 0 Å². The van der Waals surface area contributed by atoms with Crippen LogP contribution in [0.15, 0.2) is 29.1 Å². The molecule has 1 amide bonds. The molecular formula is C13H12BrN3O. The number of fused-ring (bicyclic) bond motifs is 1. The fourth-order valence-corrected chi connectivity index (χ4v) is 2.56. The van der Waals surface area contributed by atoms with E-state index >= 15 is 0 Å². The number of aromatic nitrogens is 2. The highest BCUT2D eigenvalue weighted by Crippen LogP contribution is 2.31. The molecule has 18 heavy (non-hydrogen) atoms. The summed E-state index contributed by atoms with van der Waals surface area (Å²) in [4.78, 5) is 15.7. The number of carbonyl (C=O) groups excluding carboxylic acids is 1. The minimum absolute atomic E-state index is 0.0919. The van der Waals surface area contributed by atoms with Gasteiger partial charge in [-0.3, -0.25) is 4.79 Å². The van der Waals surface area contributed by atoms with Crippen LogP contribution in [-0.4, -0.2) is 15.5 Å². The molecule has 4 nitrogen and oxygen atoms in total. The maximum absolute atomic E-state index is 11.3. The Hall–Kier alpha value is -1.62. The topological polar surface area (TPSA) is 46.9 Å². The van der Waals surface area contributed by atoms with Crippen molar-refractivity contribution in [1.82, 2.24) is 9.55 Å². The molecule has 92 valence electrons. The van der Waals surface area contributed by atoms with Gasteiger partial charge in [0.05, 0.1) is 6.33 Å². The molecule has 1 aromatic heterocycles. The van der Waals surface area contributed by atoms with Gasteiger partial charge in [0.25, 0.3) is 0 Å². The van der Waals surface area contributed by atoms with E-state index in [9.17, 15) is 4.79 Å². The number of benzene rings is 1. The molecule has 1 N–H and O–H groups in total. The van der Waals surface area contributed by atoms with Crippen LogP contribution in [0.5, 0.6) is 0 Å². The summed E-state index contributed by atoms with van der Waals surface area (Å²) in [6.07, 6.45) is 3.12. The van der Waals surface area contributed by atoms with E-state index in [2.05, 4.69) is 32.3 Å². The lowest BCUT2D eigenvalue weighted by molar-refractivity contribution is -0.116. The van der Waals surface area contributed by atoms with Gasteiger partial charge >= 0.3 is 0 Å². The number of halogens is 1. The molecule has 1 aliphatic rings. The van der Waals surface area contributed by atoms with Gasteiger partial charge < -0.3 is 9.88 Å². The number of nitrogens with zero attached hydrogens (tertiary/aromatic N) is 2. The minimum Gasteiger partial charge on any atom is -0.328 e. The maximum atomic E-state index is 11.3. The van der Waals surface area contributed by atoms with Gasteiger partial charge in [-0.15, -0.1) is 0 Å². The van der Waals surface area contributed by atoms with E-state index in [1.807, 2.05) is 23.7 Å². The third kappa shape index (κ3) is 1.84. The van der Waals surface area contributed by atoms with Gasteiger partial charge in [0.2, 0.25) is 5.91 Å². The highest BCUT2D eigenvalue weighted by molar-refractivity contribution is 9.10. The average Bonchev–Trinajstić information content (AvgIpc) is 2.69. The zero-order valence-corrected chi connectivity index (χ0v) is 11.5. The minimum atomic E-state index is 0.0919. The van der Waals surface area contributed by atoms with Crippen LogP contribution < -0.4 is 5.32 Å². The number of carbonyl (C=O) groups is 1. The first-order valence-corrected chi connectivity index (χ1v) is 6.54. The van der Waals surface area contributed by atoms with E-state index in [0.29, 0.717) is 6.42 Å². The van der Waals surface area contributed by atoms with Crippen molar-refractivity contribution in [3.05, 3.63) is 34.7 Å². The predicted octanol–water partition coefficient (Wildman–Crippen LogP) is 2.73. The first kappa shape index (κ1) is 11.5. The van der Waals surface area contributed by atoms with Gasteiger partial charge in [-0.25, -0.2) is 4.98 Å². The summed E-state index contributed by atoms with van der Waals surface area (Å²) in [5.41, 5.74) is 4.08. The smallest absolute Gasteiger partial charge is 0.224 e. The van der Waals surface area contributed by atoms with Crippen molar-refractivity contribution in [2.45, 2.75) is 12.8 Å². The van der Waals surface area contributed by atoms with Crippen molar-refractivity contribution in [2.75, 3.05) is 5.32 Å². The Morgan fingerprint density at radius 2 is 2.22 bits per heavy atom. The molecule has 0 radical (unpaired) electrons. The second-order valence-corrected chi connectivity index (χ2v) is 5.17. The zero-order chi connectivity index (χ0) is 12.7. The standard InChI is InChI=1S/C13H12BrN3O/c1-17-7-15-12(13(17)14)9-2-4-10-8(6-9)3-5-11(18)16-10/h2,4,6-7H,3,5H2,1H3,(H,16,18). The molecule has 0 fully saturated rings. The summed E-state index contributed by atoms with van der Waals surface area (Å²) in [5, 5.41) is 2.88. The summed E-state index contributed by atoms with van der Waals surface area (Å²) < 4.78 is 2.89. The lowest BCUT2D eigenvalue weighted by Gasteiger charge is -2.17. The van der Waals surface area contributed by atoms with Crippen molar-refractivity contribution in [2.24, 2.45) is 7.05 Å². The van der Waals surface area contributed by atoms with Gasteiger partial charge in [0, 0.05) is 24.7 Å². The molecule has 0 saturated heterocycles. The van der Waals surface area contributed by atoms with Gasteiger partial charge in [-0.2, -0.15) is 0 Å². The molecule has 1 aromatic carbocycles. The fourth-order valence-electron chi connectivity index (χ4n) is 2.14. The number of anilines is 1. The van der Waals surface area contributed by atoms with Crippen LogP contribution in [0.2, 0.25) is 0 Å². The molecule has 0 unspecified atom stereocenters. The Morgan fingerprint density at radius 3 is 2.94 bits per heavy atom. The molecule has 0 saturated carbocycles. The maximum Gasteiger partial charge on any atom is 0.224 e. The Morgan fingerprint density at radius 1 is 1.39 bits per heavy atom. The quantitative estimate of drug-likeness (QED) is 0.880. The third-order valence-electron chi connectivity index (χ3n) is 3.14. The normalized spacial score (nSPS) is 14.2. The van der Waals surface area contributed by atoms with Crippen molar-refractivity contribution in [3.63, 3.8) is 0 Å². The Kier molecular flexibility index (Phi) is 2.70. The molecule has 0 atom stereocenters. The van der Waals surface area contributed by atoms with E-state index in [4.69, 9.17) is 0 Å². The number of hydrogen-bond acceptors (Lipinski definition) is 2. The number of imidazole rings is 1. The van der Waals surface area contributed by atoms with Gasteiger partial charge in [0.1, 0.15) is 10.3 Å². The SMILES string of the molecule is Cn1cnc(-c2ccc3c(c2)CCC(=O)N3)c1Br. The summed E-state index contributed by atoms with van der Waals surface area (Å²) in [7, 11) is 1.94. The summed E-state index contributed by atoms with van der Waals surface area (Å²) in [6, 6.07) is 6.03. The molecule has 1 aliphatic heterocycles. The van der Waals surface area contributed by atoms with E-state index < -0.39 is 0 Å². The second-order valence-electron chi connectivity index (χ2n) is 4.41.